The second-order valence-electron chi connectivity index (χ2n) is 3.38. The lowest BCUT2D eigenvalue weighted by Crippen LogP contribution is -2.17. The first-order chi connectivity index (χ1) is 7.22. The van der Waals surface area contributed by atoms with Gasteiger partial charge in [0.2, 0.25) is 0 Å². The van der Waals surface area contributed by atoms with Crippen molar-refractivity contribution < 1.29 is 14.3 Å². The number of carbonyl (C=O) groups excluding carboxylic acids is 1. The quantitative estimate of drug-likeness (QED) is 0.562. The molecular formula is C12H16O3. The zero-order chi connectivity index (χ0) is 11.1. The van der Waals surface area contributed by atoms with Crippen LogP contribution in [0.3, 0.4) is 0 Å². The third-order valence-corrected chi connectivity index (χ3v) is 1.94. The minimum absolute atomic E-state index is 0.0915. The topological polar surface area (TPSA) is 35.5 Å². The Hall–Kier alpha value is -1.51. The molecule has 0 aliphatic heterocycles. The van der Waals surface area contributed by atoms with E-state index in [0.29, 0.717) is 5.75 Å². The van der Waals surface area contributed by atoms with Crippen LogP contribution in [0, 0.1) is 0 Å². The Morgan fingerprint density at radius 2 is 2.00 bits per heavy atom. The molecule has 0 amide bonds. The number of rotatable bonds is 4. The largest absolute Gasteiger partial charge is 0.514 e. The summed E-state index contributed by atoms with van der Waals surface area (Å²) in [5.41, 5.74) is 0. The van der Waals surface area contributed by atoms with Gasteiger partial charge in [-0.25, -0.2) is 4.79 Å². The van der Waals surface area contributed by atoms with Crippen molar-refractivity contribution in [2.75, 3.05) is 0 Å². The van der Waals surface area contributed by atoms with Gasteiger partial charge >= 0.3 is 6.16 Å². The minimum atomic E-state index is -0.637. The Bertz CT molecular complexity index is 295. The fraction of sp³-hybridized carbons (Fsp3) is 0.417. The van der Waals surface area contributed by atoms with Crippen molar-refractivity contribution in [3.05, 3.63) is 30.3 Å². The van der Waals surface area contributed by atoms with Crippen molar-refractivity contribution in [2.45, 2.75) is 32.8 Å². The lowest BCUT2D eigenvalue weighted by atomic mass is 10.2. The first-order valence-electron chi connectivity index (χ1n) is 5.16. The number of para-hydroxylation sites is 1. The molecule has 0 aromatic heterocycles. The van der Waals surface area contributed by atoms with Crippen LogP contribution in [-0.2, 0) is 4.74 Å². The molecule has 0 heterocycles. The molecule has 0 aliphatic rings. The predicted molar refractivity (Wildman–Crippen MR) is 57.9 cm³/mol. The average Bonchev–Trinajstić information content (AvgIpc) is 2.19. The lowest BCUT2D eigenvalue weighted by molar-refractivity contribution is 0.0621. The monoisotopic (exact) mass is 208 g/mol. The van der Waals surface area contributed by atoms with Crippen molar-refractivity contribution in [2.24, 2.45) is 0 Å². The van der Waals surface area contributed by atoms with Crippen molar-refractivity contribution >= 4 is 6.16 Å². The van der Waals surface area contributed by atoms with E-state index < -0.39 is 6.16 Å². The SMILES string of the molecule is CCCC(C)OC(=O)Oc1ccccc1. The van der Waals surface area contributed by atoms with E-state index >= 15 is 0 Å². The van der Waals surface area contributed by atoms with Crippen molar-refractivity contribution in [1.29, 1.82) is 0 Å². The highest BCUT2D eigenvalue weighted by Gasteiger charge is 2.10. The Kier molecular flexibility index (Phi) is 4.68. The Morgan fingerprint density at radius 1 is 1.33 bits per heavy atom. The van der Waals surface area contributed by atoms with Crippen LogP contribution in [0.4, 0.5) is 4.79 Å². The molecule has 1 atom stereocenters. The van der Waals surface area contributed by atoms with Gasteiger partial charge in [0.05, 0.1) is 0 Å². The molecule has 0 saturated heterocycles. The average molecular weight is 208 g/mol. The number of benzene rings is 1. The number of carbonyl (C=O) groups is 1. The van der Waals surface area contributed by atoms with Crippen LogP contribution < -0.4 is 4.74 Å². The molecule has 3 heteroatoms. The molecule has 1 aromatic carbocycles. The van der Waals surface area contributed by atoms with Gasteiger partial charge in [-0.05, 0) is 25.5 Å². The highest BCUT2D eigenvalue weighted by molar-refractivity contribution is 5.63. The van der Waals surface area contributed by atoms with E-state index in [9.17, 15) is 4.79 Å². The zero-order valence-corrected chi connectivity index (χ0v) is 9.10. The summed E-state index contributed by atoms with van der Waals surface area (Å²) in [7, 11) is 0. The van der Waals surface area contributed by atoms with E-state index in [1.165, 1.54) is 0 Å². The molecule has 0 fully saturated rings. The first-order valence-corrected chi connectivity index (χ1v) is 5.16. The maximum absolute atomic E-state index is 11.3. The summed E-state index contributed by atoms with van der Waals surface area (Å²) in [6.45, 7) is 3.90. The molecule has 0 saturated carbocycles. The third-order valence-electron chi connectivity index (χ3n) is 1.94. The molecule has 1 rings (SSSR count). The fourth-order valence-corrected chi connectivity index (χ4v) is 1.24. The summed E-state index contributed by atoms with van der Waals surface area (Å²) in [5.74, 6) is 0.506. The van der Waals surface area contributed by atoms with Crippen LogP contribution >= 0.6 is 0 Å². The van der Waals surface area contributed by atoms with E-state index in [2.05, 4.69) is 0 Å². The maximum Gasteiger partial charge on any atom is 0.514 e. The van der Waals surface area contributed by atoms with E-state index in [0.717, 1.165) is 12.8 Å². The third kappa shape index (κ3) is 4.49. The van der Waals surface area contributed by atoms with Crippen LogP contribution in [0.25, 0.3) is 0 Å². The molecule has 15 heavy (non-hydrogen) atoms. The second kappa shape index (κ2) is 6.06. The van der Waals surface area contributed by atoms with Gasteiger partial charge in [0.25, 0.3) is 0 Å². The summed E-state index contributed by atoms with van der Waals surface area (Å²) in [6.07, 6.45) is 1.11. The molecule has 1 unspecified atom stereocenters. The summed E-state index contributed by atoms with van der Waals surface area (Å²) < 4.78 is 10.0. The van der Waals surface area contributed by atoms with Crippen LogP contribution in [0.15, 0.2) is 30.3 Å². The lowest BCUT2D eigenvalue weighted by Gasteiger charge is -2.11. The molecule has 0 bridgehead atoms. The van der Waals surface area contributed by atoms with Crippen LogP contribution in [-0.4, -0.2) is 12.3 Å². The van der Waals surface area contributed by atoms with Gasteiger partial charge in [-0.15, -0.1) is 0 Å². The molecule has 3 nitrogen and oxygen atoms in total. The summed E-state index contributed by atoms with van der Waals surface area (Å²) in [4.78, 5) is 11.3. The van der Waals surface area contributed by atoms with E-state index in [-0.39, 0.29) is 6.10 Å². The van der Waals surface area contributed by atoms with Gasteiger partial charge in [-0.3, -0.25) is 0 Å². The smallest absolute Gasteiger partial charge is 0.431 e. The van der Waals surface area contributed by atoms with Gasteiger partial charge in [-0.2, -0.15) is 0 Å². The Morgan fingerprint density at radius 3 is 2.60 bits per heavy atom. The van der Waals surface area contributed by atoms with Gasteiger partial charge in [0.15, 0.2) is 0 Å². The molecule has 0 aliphatic carbocycles. The van der Waals surface area contributed by atoms with Crippen LogP contribution in [0.1, 0.15) is 26.7 Å². The standard InChI is InChI=1S/C12H16O3/c1-3-7-10(2)14-12(13)15-11-8-5-4-6-9-11/h4-6,8-10H,3,7H2,1-2H3. The molecule has 82 valence electrons. The maximum atomic E-state index is 11.3. The highest BCUT2D eigenvalue weighted by atomic mass is 16.7. The van der Waals surface area contributed by atoms with E-state index in [1.807, 2.05) is 19.9 Å². The normalized spacial score (nSPS) is 11.9. The van der Waals surface area contributed by atoms with E-state index in [1.54, 1.807) is 24.3 Å². The highest BCUT2D eigenvalue weighted by Crippen LogP contribution is 2.10. The summed E-state index contributed by atoms with van der Waals surface area (Å²) >= 11 is 0. The number of ether oxygens (including phenoxy) is 2. The van der Waals surface area contributed by atoms with Gasteiger partial charge < -0.3 is 9.47 Å². The van der Waals surface area contributed by atoms with Gasteiger partial charge in [-0.1, -0.05) is 31.5 Å². The first kappa shape index (κ1) is 11.6. The Labute approximate surface area is 90.0 Å². The minimum Gasteiger partial charge on any atom is -0.431 e. The van der Waals surface area contributed by atoms with E-state index in [4.69, 9.17) is 9.47 Å². The number of hydrogen-bond acceptors (Lipinski definition) is 3. The predicted octanol–water partition coefficient (Wildman–Crippen LogP) is 3.39. The van der Waals surface area contributed by atoms with Crippen LogP contribution in [0.2, 0.25) is 0 Å². The molecule has 0 spiro atoms. The fourth-order valence-electron chi connectivity index (χ4n) is 1.24. The molecule has 1 aromatic rings. The van der Waals surface area contributed by atoms with Gasteiger partial charge in [0.1, 0.15) is 11.9 Å². The van der Waals surface area contributed by atoms with Crippen molar-refractivity contribution in [3.63, 3.8) is 0 Å². The zero-order valence-electron chi connectivity index (χ0n) is 9.10. The van der Waals surface area contributed by atoms with Crippen molar-refractivity contribution in [3.8, 4) is 5.75 Å². The summed E-state index contributed by atoms with van der Waals surface area (Å²) in [5, 5.41) is 0. The molecule has 0 radical (unpaired) electrons. The molecular weight excluding hydrogens is 192 g/mol. The van der Waals surface area contributed by atoms with Crippen LogP contribution in [0.5, 0.6) is 5.75 Å². The van der Waals surface area contributed by atoms with Crippen molar-refractivity contribution in [1.82, 2.24) is 0 Å². The Balaban J connectivity index is 2.36. The van der Waals surface area contributed by atoms with Gasteiger partial charge in [0, 0.05) is 0 Å². The molecule has 0 N–H and O–H groups in total. The second-order valence-corrected chi connectivity index (χ2v) is 3.38. The summed E-state index contributed by atoms with van der Waals surface area (Å²) in [6, 6.07) is 8.89. The number of hydrogen-bond donors (Lipinski definition) is 0.